The normalized spacial score (nSPS) is 10.4. The van der Waals surface area contributed by atoms with Crippen molar-refractivity contribution in [3.63, 3.8) is 0 Å². The molecular weight excluding hydrogens is 291 g/mol. The van der Waals surface area contributed by atoms with Crippen molar-refractivity contribution in [1.82, 2.24) is 0 Å². The molecule has 0 radical (unpaired) electrons. The van der Waals surface area contributed by atoms with Gasteiger partial charge >= 0.3 is 5.97 Å². The highest BCUT2D eigenvalue weighted by Gasteiger charge is 2.17. The monoisotopic (exact) mass is 308 g/mol. The second-order valence-electron chi connectivity index (χ2n) is 4.39. The second kappa shape index (κ2) is 6.58. The van der Waals surface area contributed by atoms with Crippen LogP contribution in [0, 0.1) is 5.82 Å². The number of ether oxygens (including phenoxy) is 1. The molecule has 0 aliphatic heterocycles. The van der Waals surface area contributed by atoms with E-state index < -0.39 is 11.8 Å². The van der Waals surface area contributed by atoms with Crippen LogP contribution >= 0.6 is 11.3 Å². The largest absolute Gasteiger partial charge is 0.462 e. The maximum atomic E-state index is 13.3. The minimum absolute atomic E-state index is 0.303. The van der Waals surface area contributed by atoms with Crippen molar-refractivity contribution in [3.8, 4) is 0 Å². The Bertz CT molecular complexity index is 655. The van der Waals surface area contributed by atoms with Crippen molar-refractivity contribution in [1.29, 1.82) is 0 Å². The number of esters is 1. The fourth-order valence-electron chi connectivity index (χ4n) is 1.83. The molecule has 2 aromatic rings. The number of carbonyl (C=O) groups excluding carboxylic acids is 1. The first-order valence-electron chi connectivity index (χ1n) is 6.67. The molecule has 0 aliphatic rings. The number of rotatable bonds is 5. The first-order chi connectivity index (χ1) is 10.0. The molecule has 0 spiro atoms. The van der Waals surface area contributed by atoms with Gasteiger partial charge < -0.3 is 15.8 Å². The van der Waals surface area contributed by atoms with Gasteiger partial charge in [0, 0.05) is 4.88 Å². The molecule has 6 heteroatoms. The Morgan fingerprint density at radius 1 is 1.38 bits per heavy atom. The maximum Gasteiger partial charge on any atom is 0.341 e. The number of hydrogen-bond donors (Lipinski definition) is 2. The van der Waals surface area contributed by atoms with Gasteiger partial charge in [-0.05, 0) is 37.6 Å². The second-order valence-corrected chi connectivity index (χ2v) is 5.52. The Balaban J connectivity index is 2.36. The summed E-state index contributed by atoms with van der Waals surface area (Å²) in [6.45, 7) is 4.06. The van der Waals surface area contributed by atoms with Gasteiger partial charge in [-0.25, -0.2) is 9.18 Å². The molecule has 112 valence electrons. The summed E-state index contributed by atoms with van der Waals surface area (Å²) in [6.07, 6.45) is 0.803. The summed E-state index contributed by atoms with van der Waals surface area (Å²) >= 11 is 1.43. The molecular formula is C15H17FN2O2S. The van der Waals surface area contributed by atoms with E-state index in [0.717, 1.165) is 11.3 Å². The minimum atomic E-state index is -0.397. The Hall–Kier alpha value is -2.08. The lowest BCUT2D eigenvalue weighted by molar-refractivity contribution is 0.0528. The minimum Gasteiger partial charge on any atom is -0.462 e. The zero-order valence-corrected chi connectivity index (χ0v) is 12.7. The SMILES string of the molecule is CCOC(=O)c1cc(CC)sc1Nc1cc(F)ccc1N. The van der Waals surface area contributed by atoms with E-state index in [1.54, 1.807) is 13.0 Å². The van der Waals surface area contributed by atoms with Crippen LogP contribution in [0.1, 0.15) is 29.1 Å². The van der Waals surface area contributed by atoms with Crippen molar-refractivity contribution in [3.05, 3.63) is 40.5 Å². The molecule has 0 fully saturated rings. The maximum absolute atomic E-state index is 13.3. The summed E-state index contributed by atoms with van der Waals surface area (Å²) in [6, 6.07) is 5.87. The molecule has 1 aromatic heterocycles. The summed E-state index contributed by atoms with van der Waals surface area (Å²) in [5, 5.41) is 3.64. The van der Waals surface area contributed by atoms with Gasteiger partial charge in [-0.2, -0.15) is 0 Å². The highest BCUT2D eigenvalue weighted by Crippen LogP contribution is 2.33. The molecule has 0 aliphatic carbocycles. The molecule has 4 nitrogen and oxygen atoms in total. The number of halogens is 1. The fourth-order valence-corrected chi connectivity index (χ4v) is 2.83. The summed E-state index contributed by atoms with van der Waals surface area (Å²) in [4.78, 5) is 13.0. The van der Waals surface area contributed by atoms with E-state index in [2.05, 4.69) is 5.32 Å². The molecule has 1 heterocycles. The Morgan fingerprint density at radius 2 is 2.14 bits per heavy atom. The quantitative estimate of drug-likeness (QED) is 0.648. The predicted molar refractivity (Wildman–Crippen MR) is 83.7 cm³/mol. The third-order valence-corrected chi connectivity index (χ3v) is 4.09. The van der Waals surface area contributed by atoms with Crippen molar-refractivity contribution >= 4 is 33.7 Å². The number of thiophene rings is 1. The summed E-state index contributed by atoms with van der Waals surface area (Å²) in [5.41, 5.74) is 7.12. The molecule has 1 aromatic carbocycles. The van der Waals surface area contributed by atoms with E-state index in [0.29, 0.717) is 28.5 Å². The van der Waals surface area contributed by atoms with Gasteiger partial charge in [0.15, 0.2) is 0 Å². The zero-order chi connectivity index (χ0) is 15.4. The number of nitrogens with two attached hydrogens (primary N) is 1. The van der Waals surface area contributed by atoms with E-state index in [1.165, 1.54) is 29.5 Å². The van der Waals surface area contributed by atoms with Crippen molar-refractivity contribution in [2.75, 3.05) is 17.7 Å². The van der Waals surface area contributed by atoms with E-state index in [9.17, 15) is 9.18 Å². The third kappa shape index (κ3) is 3.52. The molecule has 0 atom stereocenters. The molecule has 3 N–H and O–H groups in total. The number of benzene rings is 1. The number of anilines is 3. The average molecular weight is 308 g/mol. The van der Waals surface area contributed by atoms with Gasteiger partial charge in [0.05, 0.1) is 23.5 Å². The van der Waals surface area contributed by atoms with Gasteiger partial charge in [0.2, 0.25) is 0 Å². The molecule has 0 saturated heterocycles. The van der Waals surface area contributed by atoms with Crippen LogP contribution in [-0.4, -0.2) is 12.6 Å². The summed E-state index contributed by atoms with van der Waals surface area (Å²) in [5.74, 6) is -0.789. The molecule has 0 amide bonds. The number of nitrogens with one attached hydrogen (secondary N) is 1. The highest BCUT2D eigenvalue weighted by atomic mass is 32.1. The van der Waals surface area contributed by atoms with Gasteiger partial charge in [0.1, 0.15) is 10.8 Å². The topological polar surface area (TPSA) is 64.3 Å². The standard InChI is InChI=1S/C15H17FN2O2S/c1-3-10-8-11(15(19)20-4-2)14(21-10)18-13-7-9(16)5-6-12(13)17/h5-8,18H,3-4,17H2,1-2H3. The molecule has 0 unspecified atom stereocenters. The van der Waals surface area contributed by atoms with Crippen LogP contribution in [0.2, 0.25) is 0 Å². The average Bonchev–Trinajstić information content (AvgIpc) is 2.86. The van der Waals surface area contributed by atoms with Crippen LogP contribution in [0.25, 0.3) is 0 Å². The van der Waals surface area contributed by atoms with Crippen LogP contribution in [0.15, 0.2) is 24.3 Å². The smallest absolute Gasteiger partial charge is 0.341 e. The lowest BCUT2D eigenvalue weighted by atomic mass is 10.2. The van der Waals surface area contributed by atoms with Gasteiger partial charge in [0.25, 0.3) is 0 Å². The fraction of sp³-hybridized carbons (Fsp3) is 0.267. The Kier molecular flexibility index (Phi) is 4.80. The number of aryl methyl sites for hydroxylation is 1. The van der Waals surface area contributed by atoms with Gasteiger partial charge in [-0.15, -0.1) is 11.3 Å². The Morgan fingerprint density at radius 3 is 2.81 bits per heavy atom. The first kappa shape index (κ1) is 15.3. The molecule has 0 saturated carbocycles. The molecule has 0 bridgehead atoms. The van der Waals surface area contributed by atoms with E-state index in [1.807, 2.05) is 6.92 Å². The Labute approximate surface area is 126 Å². The van der Waals surface area contributed by atoms with E-state index in [4.69, 9.17) is 10.5 Å². The zero-order valence-electron chi connectivity index (χ0n) is 11.9. The van der Waals surface area contributed by atoms with Gasteiger partial charge in [-0.1, -0.05) is 6.92 Å². The predicted octanol–water partition coefficient (Wildman–Crippen LogP) is 3.95. The lowest BCUT2D eigenvalue weighted by Gasteiger charge is -2.09. The summed E-state index contributed by atoms with van der Waals surface area (Å²) < 4.78 is 18.4. The first-order valence-corrected chi connectivity index (χ1v) is 7.48. The van der Waals surface area contributed by atoms with Crippen LogP contribution in [-0.2, 0) is 11.2 Å². The van der Waals surface area contributed by atoms with Crippen LogP contribution in [0.5, 0.6) is 0 Å². The van der Waals surface area contributed by atoms with Crippen LogP contribution in [0.3, 0.4) is 0 Å². The number of carbonyl (C=O) groups is 1. The number of hydrogen-bond acceptors (Lipinski definition) is 5. The van der Waals surface area contributed by atoms with Gasteiger partial charge in [-0.3, -0.25) is 0 Å². The molecule has 21 heavy (non-hydrogen) atoms. The number of nitrogen functional groups attached to an aromatic ring is 1. The third-order valence-electron chi connectivity index (χ3n) is 2.89. The van der Waals surface area contributed by atoms with E-state index in [-0.39, 0.29) is 0 Å². The summed E-state index contributed by atoms with van der Waals surface area (Å²) in [7, 11) is 0. The van der Waals surface area contributed by atoms with E-state index >= 15 is 0 Å². The highest BCUT2D eigenvalue weighted by molar-refractivity contribution is 7.16. The van der Waals surface area contributed by atoms with Crippen molar-refractivity contribution in [2.24, 2.45) is 0 Å². The van der Waals surface area contributed by atoms with Crippen molar-refractivity contribution in [2.45, 2.75) is 20.3 Å². The molecule has 2 rings (SSSR count). The van der Waals surface area contributed by atoms with Crippen LogP contribution in [0.4, 0.5) is 20.8 Å². The van der Waals surface area contributed by atoms with Crippen LogP contribution < -0.4 is 11.1 Å². The van der Waals surface area contributed by atoms with Crippen molar-refractivity contribution < 1.29 is 13.9 Å². The lowest BCUT2D eigenvalue weighted by Crippen LogP contribution is -2.06.